The molecule has 0 unspecified atom stereocenters. The zero-order chi connectivity index (χ0) is 9.82. The maximum atomic E-state index is 3.68. The molecule has 0 rings (SSSR count). The molecule has 0 aliphatic rings. The monoisotopic (exact) mass is 171 g/mol. The van der Waals surface area contributed by atoms with Crippen molar-refractivity contribution >= 4 is 0 Å². The Kier molecular flexibility index (Phi) is 15.8. The summed E-state index contributed by atoms with van der Waals surface area (Å²) in [5.41, 5.74) is 0. The van der Waals surface area contributed by atoms with E-state index in [0.29, 0.717) is 5.92 Å². The summed E-state index contributed by atoms with van der Waals surface area (Å²) in [6, 6.07) is 0. The highest BCUT2D eigenvalue weighted by molar-refractivity contribution is 4.73. The van der Waals surface area contributed by atoms with Gasteiger partial charge in [-0.2, -0.15) is 0 Å². The van der Waals surface area contributed by atoms with E-state index in [1.54, 1.807) is 0 Å². The van der Waals surface area contributed by atoms with Crippen LogP contribution in [-0.2, 0) is 0 Å². The van der Waals surface area contributed by atoms with Gasteiger partial charge in [0.15, 0.2) is 0 Å². The highest BCUT2D eigenvalue weighted by atomic mass is 14.8. The van der Waals surface area contributed by atoms with E-state index in [2.05, 4.69) is 39.6 Å². The predicted molar refractivity (Wildman–Crippen MR) is 58.5 cm³/mol. The largest absolute Gasteiger partial charge is 0.317 e. The van der Waals surface area contributed by atoms with Crippen LogP contribution in [0.25, 0.3) is 0 Å². The average Bonchev–Trinajstić information content (AvgIpc) is 2.07. The van der Waals surface area contributed by atoms with Crippen LogP contribution in [0.3, 0.4) is 0 Å². The van der Waals surface area contributed by atoms with Crippen molar-refractivity contribution < 1.29 is 0 Å². The molecule has 74 valence electrons. The normalized spacial score (nSPS) is 11.3. The second-order valence-corrected chi connectivity index (χ2v) is 2.96. The van der Waals surface area contributed by atoms with Crippen molar-refractivity contribution in [2.24, 2.45) is 5.92 Å². The molecule has 1 N–H and O–H groups in total. The van der Waals surface area contributed by atoms with E-state index in [-0.39, 0.29) is 0 Å². The molecule has 0 saturated heterocycles. The van der Waals surface area contributed by atoms with E-state index in [4.69, 9.17) is 0 Å². The topological polar surface area (TPSA) is 12.0 Å². The molecule has 12 heavy (non-hydrogen) atoms. The molecule has 0 fully saturated rings. The second-order valence-electron chi connectivity index (χ2n) is 2.96. The fourth-order valence-corrected chi connectivity index (χ4v) is 0.823. The van der Waals surface area contributed by atoms with Crippen molar-refractivity contribution in [2.45, 2.75) is 40.5 Å². The molecular weight excluding hydrogens is 146 g/mol. The first-order valence-corrected chi connectivity index (χ1v) is 5.06. The predicted octanol–water partition coefficient (Wildman–Crippen LogP) is 3.22. The Morgan fingerprint density at radius 1 is 1.25 bits per heavy atom. The lowest BCUT2D eigenvalue weighted by Crippen LogP contribution is -2.09. The maximum Gasteiger partial charge on any atom is -0.00775 e. The van der Waals surface area contributed by atoms with Gasteiger partial charge in [0.05, 0.1) is 0 Å². The van der Waals surface area contributed by atoms with Crippen molar-refractivity contribution in [1.82, 2.24) is 5.32 Å². The molecule has 0 aromatic carbocycles. The van der Waals surface area contributed by atoms with E-state index < -0.39 is 0 Å². The lowest BCUT2D eigenvalue weighted by molar-refractivity contribution is 0.635. The van der Waals surface area contributed by atoms with Crippen molar-refractivity contribution in [1.29, 1.82) is 0 Å². The Bertz CT molecular complexity index is 77.1. The number of nitrogens with one attached hydrogen (secondary N) is 1. The minimum Gasteiger partial charge on any atom is -0.317 e. The lowest BCUT2D eigenvalue weighted by Gasteiger charge is -1.98. The fraction of sp³-hybridized carbons (Fsp3) is 0.818. The smallest absolute Gasteiger partial charge is 0.00775 e. The SMILES string of the molecule is C=C[C@H](C)CCC.CCNCC. The standard InChI is InChI=1S/C7H14.C4H11N/c1-4-6-7(3)5-2;1-3-5-4-2/h5,7H,2,4,6H2,1,3H3;5H,3-4H2,1-2H3/t7-;/m0./s1. The van der Waals surface area contributed by atoms with Gasteiger partial charge < -0.3 is 5.32 Å². The first-order chi connectivity index (χ1) is 5.72. The molecule has 0 aromatic heterocycles. The molecular formula is C11H25N. The Hall–Kier alpha value is -0.300. The van der Waals surface area contributed by atoms with E-state index in [0.717, 1.165) is 13.1 Å². The number of rotatable bonds is 5. The molecule has 1 heteroatoms. The third kappa shape index (κ3) is 16.4. The molecule has 1 atom stereocenters. The summed E-state index contributed by atoms with van der Waals surface area (Å²) in [6.45, 7) is 14.5. The Labute approximate surface area is 78.3 Å². The van der Waals surface area contributed by atoms with Gasteiger partial charge in [-0.3, -0.25) is 0 Å². The fourth-order valence-electron chi connectivity index (χ4n) is 0.823. The number of allylic oxidation sites excluding steroid dienone is 1. The molecule has 0 radical (unpaired) electrons. The van der Waals surface area contributed by atoms with Crippen LogP contribution in [0.4, 0.5) is 0 Å². The highest BCUT2D eigenvalue weighted by Crippen LogP contribution is 2.03. The summed E-state index contributed by atoms with van der Waals surface area (Å²) in [6.07, 6.45) is 4.56. The van der Waals surface area contributed by atoms with Gasteiger partial charge in [-0.25, -0.2) is 0 Å². The average molecular weight is 171 g/mol. The summed E-state index contributed by atoms with van der Waals surface area (Å²) in [5.74, 6) is 0.713. The van der Waals surface area contributed by atoms with E-state index in [9.17, 15) is 0 Å². The van der Waals surface area contributed by atoms with Crippen molar-refractivity contribution in [3.63, 3.8) is 0 Å². The zero-order valence-corrected chi connectivity index (χ0v) is 9.19. The summed E-state index contributed by atoms with van der Waals surface area (Å²) in [4.78, 5) is 0. The zero-order valence-electron chi connectivity index (χ0n) is 9.19. The summed E-state index contributed by atoms with van der Waals surface area (Å²) < 4.78 is 0. The van der Waals surface area contributed by atoms with Crippen LogP contribution < -0.4 is 5.32 Å². The molecule has 0 bridgehead atoms. The van der Waals surface area contributed by atoms with Crippen molar-refractivity contribution in [3.05, 3.63) is 12.7 Å². The summed E-state index contributed by atoms with van der Waals surface area (Å²) in [7, 11) is 0. The first-order valence-electron chi connectivity index (χ1n) is 5.06. The van der Waals surface area contributed by atoms with Crippen LogP contribution in [0.1, 0.15) is 40.5 Å². The van der Waals surface area contributed by atoms with Gasteiger partial charge in [-0.05, 0) is 25.4 Å². The van der Waals surface area contributed by atoms with Gasteiger partial charge in [0.2, 0.25) is 0 Å². The molecule has 0 aliphatic heterocycles. The Morgan fingerprint density at radius 3 is 1.83 bits per heavy atom. The van der Waals surface area contributed by atoms with Gasteiger partial charge in [0.25, 0.3) is 0 Å². The Balaban J connectivity index is 0. The molecule has 0 aliphatic carbocycles. The van der Waals surface area contributed by atoms with Crippen LogP contribution in [0.2, 0.25) is 0 Å². The quantitative estimate of drug-likeness (QED) is 0.626. The van der Waals surface area contributed by atoms with Crippen molar-refractivity contribution in [2.75, 3.05) is 13.1 Å². The highest BCUT2D eigenvalue weighted by Gasteiger charge is 1.89. The maximum absolute atomic E-state index is 3.68. The molecule has 0 saturated carbocycles. The Morgan fingerprint density at radius 2 is 1.75 bits per heavy atom. The van der Waals surface area contributed by atoms with Crippen LogP contribution >= 0.6 is 0 Å². The number of hydrogen-bond acceptors (Lipinski definition) is 1. The molecule has 0 heterocycles. The minimum atomic E-state index is 0.713. The van der Waals surface area contributed by atoms with Gasteiger partial charge in [0, 0.05) is 0 Å². The van der Waals surface area contributed by atoms with E-state index in [1.807, 2.05) is 6.08 Å². The van der Waals surface area contributed by atoms with Crippen LogP contribution in [-0.4, -0.2) is 13.1 Å². The molecule has 0 spiro atoms. The summed E-state index contributed by atoms with van der Waals surface area (Å²) >= 11 is 0. The number of hydrogen-bond donors (Lipinski definition) is 1. The third-order valence-electron chi connectivity index (χ3n) is 1.65. The van der Waals surface area contributed by atoms with E-state index in [1.165, 1.54) is 12.8 Å². The molecule has 0 aromatic rings. The van der Waals surface area contributed by atoms with Gasteiger partial charge in [-0.15, -0.1) is 6.58 Å². The lowest BCUT2D eigenvalue weighted by atomic mass is 10.1. The van der Waals surface area contributed by atoms with Gasteiger partial charge >= 0.3 is 0 Å². The second kappa shape index (κ2) is 13.3. The molecule has 0 amide bonds. The van der Waals surface area contributed by atoms with Crippen LogP contribution in [0.5, 0.6) is 0 Å². The van der Waals surface area contributed by atoms with Crippen LogP contribution in [0, 0.1) is 5.92 Å². The minimum absolute atomic E-state index is 0.713. The van der Waals surface area contributed by atoms with Crippen molar-refractivity contribution in [3.8, 4) is 0 Å². The van der Waals surface area contributed by atoms with E-state index >= 15 is 0 Å². The van der Waals surface area contributed by atoms with Crippen LogP contribution in [0.15, 0.2) is 12.7 Å². The molecule has 1 nitrogen and oxygen atoms in total. The third-order valence-corrected chi connectivity index (χ3v) is 1.65. The van der Waals surface area contributed by atoms with Gasteiger partial charge in [0.1, 0.15) is 0 Å². The van der Waals surface area contributed by atoms with Gasteiger partial charge in [-0.1, -0.05) is 40.2 Å². The first kappa shape index (κ1) is 14.2. The summed E-state index contributed by atoms with van der Waals surface area (Å²) in [5, 5.41) is 3.11.